The standard InChI is InChI=1S/C21H25NO/c1-3-16-22-17-10-15-20(22)21(23-2,18-11-6-4-7-12-18)19-13-8-5-9-14-19/h3-9,11-14,16,20H,10,15,17H2,1-2H3/b16-3-/t20-/m0/s1. The third kappa shape index (κ3) is 2.79. The predicted octanol–water partition coefficient (Wildman–Crippen LogP) is 4.57. The van der Waals surface area contributed by atoms with Gasteiger partial charge in [-0.1, -0.05) is 66.7 Å². The van der Waals surface area contributed by atoms with Gasteiger partial charge in [0.05, 0.1) is 6.04 Å². The average Bonchev–Trinajstić information content (AvgIpc) is 3.07. The van der Waals surface area contributed by atoms with Crippen LogP contribution in [-0.2, 0) is 10.3 Å². The lowest BCUT2D eigenvalue weighted by Crippen LogP contribution is -2.48. The van der Waals surface area contributed by atoms with Crippen molar-refractivity contribution in [3.63, 3.8) is 0 Å². The van der Waals surface area contributed by atoms with Gasteiger partial charge in [-0.15, -0.1) is 0 Å². The molecule has 0 unspecified atom stereocenters. The minimum absolute atomic E-state index is 0.300. The molecule has 0 N–H and O–H groups in total. The highest BCUT2D eigenvalue weighted by atomic mass is 16.5. The smallest absolute Gasteiger partial charge is 0.138 e. The van der Waals surface area contributed by atoms with Crippen molar-refractivity contribution in [1.29, 1.82) is 0 Å². The van der Waals surface area contributed by atoms with Crippen molar-refractivity contribution in [3.8, 4) is 0 Å². The summed E-state index contributed by atoms with van der Waals surface area (Å²) in [5, 5.41) is 0. The van der Waals surface area contributed by atoms with Crippen LogP contribution in [0.5, 0.6) is 0 Å². The zero-order valence-corrected chi connectivity index (χ0v) is 14.0. The molecule has 0 spiro atoms. The second-order valence-electron chi connectivity index (χ2n) is 6.05. The fourth-order valence-corrected chi connectivity index (χ4v) is 3.89. The van der Waals surface area contributed by atoms with Crippen LogP contribution in [0.15, 0.2) is 72.9 Å². The lowest BCUT2D eigenvalue weighted by molar-refractivity contribution is -0.0314. The maximum atomic E-state index is 6.30. The number of ether oxygens (including phenoxy) is 1. The van der Waals surface area contributed by atoms with Crippen molar-refractivity contribution in [1.82, 2.24) is 4.90 Å². The van der Waals surface area contributed by atoms with Crippen molar-refractivity contribution in [2.24, 2.45) is 0 Å². The molecule has 0 bridgehead atoms. The fourth-order valence-electron chi connectivity index (χ4n) is 3.89. The van der Waals surface area contributed by atoms with Crippen LogP contribution < -0.4 is 0 Å². The molecular formula is C21H25NO. The van der Waals surface area contributed by atoms with Crippen LogP contribution in [0.25, 0.3) is 0 Å². The topological polar surface area (TPSA) is 12.5 Å². The molecular weight excluding hydrogens is 282 g/mol. The summed E-state index contributed by atoms with van der Waals surface area (Å²) < 4.78 is 6.30. The zero-order chi connectivity index (χ0) is 16.1. The highest BCUT2D eigenvalue weighted by molar-refractivity contribution is 5.39. The van der Waals surface area contributed by atoms with Crippen molar-refractivity contribution in [2.75, 3.05) is 13.7 Å². The average molecular weight is 307 g/mol. The van der Waals surface area contributed by atoms with E-state index in [0.29, 0.717) is 6.04 Å². The largest absolute Gasteiger partial charge is 0.371 e. The quantitative estimate of drug-likeness (QED) is 0.802. The maximum absolute atomic E-state index is 6.30. The predicted molar refractivity (Wildman–Crippen MR) is 95.2 cm³/mol. The normalized spacial score (nSPS) is 18.7. The number of rotatable bonds is 5. The first kappa shape index (κ1) is 15.8. The summed E-state index contributed by atoms with van der Waals surface area (Å²) in [6.07, 6.45) is 6.65. The Hall–Kier alpha value is -2.06. The summed E-state index contributed by atoms with van der Waals surface area (Å²) in [6, 6.07) is 21.6. The van der Waals surface area contributed by atoms with Gasteiger partial charge in [-0.25, -0.2) is 0 Å². The van der Waals surface area contributed by atoms with Gasteiger partial charge < -0.3 is 9.64 Å². The van der Waals surface area contributed by atoms with Gasteiger partial charge in [0.1, 0.15) is 5.60 Å². The van der Waals surface area contributed by atoms with E-state index in [1.54, 1.807) is 0 Å². The molecule has 1 fully saturated rings. The fraction of sp³-hybridized carbons (Fsp3) is 0.333. The van der Waals surface area contributed by atoms with E-state index in [2.05, 4.69) is 84.8 Å². The van der Waals surface area contributed by atoms with Gasteiger partial charge >= 0.3 is 0 Å². The van der Waals surface area contributed by atoms with Crippen molar-refractivity contribution < 1.29 is 4.74 Å². The van der Waals surface area contributed by atoms with E-state index in [4.69, 9.17) is 4.74 Å². The molecule has 2 aromatic rings. The zero-order valence-electron chi connectivity index (χ0n) is 14.0. The molecule has 0 aromatic heterocycles. The molecule has 0 aliphatic carbocycles. The van der Waals surface area contributed by atoms with Gasteiger partial charge in [0, 0.05) is 13.7 Å². The minimum Gasteiger partial charge on any atom is -0.371 e. The molecule has 0 amide bonds. The van der Waals surface area contributed by atoms with E-state index in [9.17, 15) is 0 Å². The summed E-state index contributed by atoms with van der Waals surface area (Å²) in [4.78, 5) is 2.43. The van der Waals surface area contributed by atoms with Gasteiger partial charge in [-0.3, -0.25) is 0 Å². The van der Waals surface area contributed by atoms with Crippen molar-refractivity contribution >= 4 is 0 Å². The van der Waals surface area contributed by atoms with Crippen molar-refractivity contribution in [3.05, 3.63) is 84.1 Å². The Balaban J connectivity index is 2.17. The van der Waals surface area contributed by atoms with Gasteiger partial charge in [0.25, 0.3) is 0 Å². The Bertz CT molecular complexity index is 596. The van der Waals surface area contributed by atoms with E-state index in [0.717, 1.165) is 13.0 Å². The van der Waals surface area contributed by atoms with Gasteiger partial charge in [-0.2, -0.15) is 0 Å². The molecule has 1 atom stereocenters. The number of hydrogen-bond donors (Lipinski definition) is 0. The monoisotopic (exact) mass is 307 g/mol. The number of methoxy groups -OCH3 is 1. The number of hydrogen-bond acceptors (Lipinski definition) is 2. The molecule has 3 rings (SSSR count). The van der Waals surface area contributed by atoms with Gasteiger partial charge in [-0.05, 0) is 37.1 Å². The van der Waals surface area contributed by atoms with E-state index >= 15 is 0 Å². The summed E-state index contributed by atoms with van der Waals surface area (Å²) in [7, 11) is 1.84. The Morgan fingerprint density at radius 1 is 1.00 bits per heavy atom. The summed E-state index contributed by atoms with van der Waals surface area (Å²) >= 11 is 0. The maximum Gasteiger partial charge on any atom is 0.138 e. The molecule has 2 aromatic carbocycles. The lowest BCUT2D eigenvalue weighted by atomic mass is 9.78. The molecule has 2 nitrogen and oxygen atoms in total. The minimum atomic E-state index is -0.446. The third-order valence-electron chi connectivity index (χ3n) is 4.83. The molecule has 23 heavy (non-hydrogen) atoms. The van der Waals surface area contributed by atoms with Crippen LogP contribution in [0, 0.1) is 0 Å². The van der Waals surface area contributed by atoms with E-state index in [-0.39, 0.29) is 0 Å². The molecule has 1 aliphatic heterocycles. The van der Waals surface area contributed by atoms with Crippen LogP contribution in [0.3, 0.4) is 0 Å². The number of likely N-dealkylation sites (tertiary alicyclic amines) is 1. The van der Waals surface area contributed by atoms with Crippen LogP contribution >= 0.6 is 0 Å². The van der Waals surface area contributed by atoms with Crippen LogP contribution in [0.1, 0.15) is 30.9 Å². The van der Waals surface area contributed by atoms with E-state index < -0.39 is 5.60 Å². The van der Waals surface area contributed by atoms with Crippen LogP contribution in [-0.4, -0.2) is 24.6 Å². The van der Waals surface area contributed by atoms with E-state index in [1.807, 2.05) is 7.11 Å². The van der Waals surface area contributed by atoms with Crippen LogP contribution in [0.2, 0.25) is 0 Å². The lowest BCUT2D eigenvalue weighted by Gasteiger charge is -2.42. The number of nitrogens with zero attached hydrogens (tertiary/aromatic N) is 1. The Morgan fingerprint density at radius 3 is 2.04 bits per heavy atom. The SMILES string of the molecule is C/C=C\N1CCC[C@H]1C(OC)(c1ccccc1)c1ccccc1. The molecule has 1 saturated heterocycles. The molecule has 1 heterocycles. The first-order valence-corrected chi connectivity index (χ1v) is 8.37. The van der Waals surface area contributed by atoms with Crippen molar-refractivity contribution in [2.45, 2.75) is 31.4 Å². The Kier molecular flexibility index (Phi) is 4.82. The Morgan fingerprint density at radius 2 is 1.57 bits per heavy atom. The van der Waals surface area contributed by atoms with Gasteiger partial charge in [0.15, 0.2) is 0 Å². The second kappa shape index (κ2) is 7.01. The molecule has 120 valence electrons. The first-order valence-electron chi connectivity index (χ1n) is 8.37. The van der Waals surface area contributed by atoms with E-state index in [1.165, 1.54) is 17.5 Å². The molecule has 0 radical (unpaired) electrons. The highest BCUT2D eigenvalue weighted by Gasteiger charge is 2.46. The second-order valence-corrected chi connectivity index (χ2v) is 6.05. The summed E-state index contributed by atoms with van der Waals surface area (Å²) in [5.41, 5.74) is 1.99. The number of allylic oxidation sites excluding steroid dienone is 1. The summed E-state index contributed by atoms with van der Waals surface area (Å²) in [5.74, 6) is 0. The number of benzene rings is 2. The first-order chi connectivity index (χ1) is 11.3. The molecule has 2 heteroatoms. The third-order valence-corrected chi connectivity index (χ3v) is 4.83. The summed E-state index contributed by atoms with van der Waals surface area (Å²) in [6.45, 7) is 3.16. The van der Waals surface area contributed by atoms with Gasteiger partial charge in [0.2, 0.25) is 0 Å². The van der Waals surface area contributed by atoms with Crippen LogP contribution in [0.4, 0.5) is 0 Å². The Labute approximate surface area is 139 Å². The highest BCUT2D eigenvalue weighted by Crippen LogP contribution is 2.43. The molecule has 1 aliphatic rings. The molecule has 0 saturated carbocycles.